The fourth-order valence-corrected chi connectivity index (χ4v) is 1.81. The first kappa shape index (κ1) is 12.4. The van der Waals surface area contributed by atoms with Crippen LogP contribution in [-0.2, 0) is 0 Å². The number of halogens is 1. The lowest BCUT2D eigenvalue weighted by Gasteiger charge is -2.11. The van der Waals surface area contributed by atoms with Crippen molar-refractivity contribution in [2.75, 3.05) is 14.2 Å². The average Bonchev–Trinajstić information content (AvgIpc) is 2.41. The van der Waals surface area contributed by atoms with Crippen molar-refractivity contribution in [3.63, 3.8) is 0 Å². The van der Waals surface area contributed by atoms with Gasteiger partial charge in [-0.3, -0.25) is 4.79 Å². The molecule has 0 aliphatic heterocycles. The average molecular weight is 267 g/mol. The molecule has 6 heteroatoms. The molecule has 1 aromatic carbocycles. The SMILES string of the molecule is COc1c(Cl)nn(-c2ccccc2)c(=O)c1OC. The Hall–Kier alpha value is -2.01. The second-order valence-electron chi connectivity index (χ2n) is 3.41. The molecule has 5 nitrogen and oxygen atoms in total. The highest BCUT2D eigenvalue weighted by atomic mass is 35.5. The van der Waals surface area contributed by atoms with Crippen molar-refractivity contribution in [2.24, 2.45) is 0 Å². The van der Waals surface area contributed by atoms with E-state index in [4.69, 9.17) is 21.1 Å². The Morgan fingerprint density at radius 1 is 1.11 bits per heavy atom. The van der Waals surface area contributed by atoms with E-state index < -0.39 is 5.56 Å². The van der Waals surface area contributed by atoms with Gasteiger partial charge in [0.1, 0.15) is 0 Å². The summed E-state index contributed by atoms with van der Waals surface area (Å²) in [6.45, 7) is 0. The molecule has 1 heterocycles. The molecule has 2 aromatic rings. The summed E-state index contributed by atoms with van der Waals surface area (Å²) < 4.78 is 11.2. The molecule has 0 N–H and O–H groups in total. The molecule has 0 saturated heterocycles. The summed E-state index contributed by atoms with van der Waals surface area (Å²) in [5.41, 5.74) is 0.176. The van der Waals surface area contributed by atoms with E-state index in [1.54, 1.807) is 24.3 Å². The van der Waals surface area contributed by atoms with E-state index >= 15 is 0 Å². The number of ether oxygens (including phenoxy) is 2. The summed E-state index contributed by atoms with van der Waals surface area (Å²) >= 11 is 5.96. The second-order valence-corrected chi connectivity index (χ2v) is 3.77. The minimum atomic E-state index is -0.426. The zero-order valence-electron chi connectivity index (χ0n) is 9.88. The predicted molar refractivity (Wildman–Crippen MR) is 67.9 cm³/mol. The fraction of sp³-hybridized carbons (Fsp3) is 0.167. The first-order valence-corrected chi connectivity index (χ1v) is 5.53. The Morgan fingerprint density at radius 2 is 1.72 bits per heavy atom. The fourth-order valence-electron chi connectivity index (χ4n) is 1.57. The van der Waals surface area contributed by atoms with Gasteiger partial charge in [-0.05, 0) is 12.1 Å². The van der Waals surface area contributed by atoms with Crippen LogP contribution in [0.1, 0.15) is 0 Å². The molecule has 0 bridgehead atoms. The molecule has 0 spiro atoms. The molecule has 0 radical (unpaired) electrons. The molecule has 0 fully saturated rings. The molecule has 0 amide bonds. The number of hydrogen-bond donors (Lipinski definition) is 0. The molecule has 18 heavy (non-hydrogen) atoms. The lowest BCUT2D eigenvalue weighted by atomic mass is 10.3. The third-order valence-corrected chi connectivity index (χ3v) is 2.62. The number of para-hydroxylation sites is 1. The number of hydrogen-bond acceptors (Lipinski definition) is 4. The first-order valence-electron chi connectivity index (χ1n) is 5.15. The molecule has 1 aromatic heterocycles. The summed E-state index contributed by atoms with van der Waals surface area (Å²) in [6, 6.07) is 8.94. The normalized spacial score (nSPS) is 10.2. The number of benzene rings is 1. The van der Waals surface area contributed by atoms with Gasteiger partial charge in [0.25, 0.3) is 0 Å². The zero-order valence-corrected chi connectivity index (χ0v) is 10.6. The molecule has 0 unspecified atom stereocenters. The maximum absolute atomic E-state index is 12.2. The summed E-state index contributed by atoms with van der Waals surface area (Å²) in [7, 11) is 2.78. The van der Waals surface area contributed by atoms with Gasteiger partial charge in [-0.25, -0.2) is 0 Å². The van der Waals surface area contributed by atoms with Crippen LogP contribution in [-0.4, -0.2) is 24.0 Å². The number of aromatic nitrogens is 2. The van der Waals surface area contributed by atoms with Crippen molar-refractivity contribution in [1.82, 2.24) is 9.78 Å². The van der Waals surface area contributed by atoms with E-state index in [1.807, 2.05) is 6.07 Å². The quantitative estimate of drug-likeness (QED) is 0.851. The van der Waals surface area contributed by atoms with Gasteiger partial charge in [0, 0.05) is 0 Å². The predicted octanol–water partition coefficient (Wildman–Crippen LogP) is 1.90. The number of nitrogens with zero attached hydrogens (tertiary/aromatic N) is 2. The third kappa shape index (κ3) is 2.04. The van der Waals surface area contributed by atoms with Crippen molar-refractivity contribution >= 4 is 11.6 Å². The van der Waals surface area contributed by atoms with Crippen molar-refractivity contribution in [3.05, 3.63) is 45.8 Å². The standard InChI is InChI=1S/C12H11ClN2O3/c1-17-9-10(18-2)12(16)15(14-11(9)13)8-6-4-3-5-7-8/h3-7H,1-2H3. The highest BCUT2D eigenvalue weighted by Gasteiger charge is 2.18. The van der Waals surface area contributed by atoms with Gasteiger partial charge in [-0.1, -0.05) is 29.8 Å². The molecule has 0 atom stereocenters. The minimum absolute atomic E-state index is 0.0290. The van der Waals surface area contributed by atoms with Crippen LogP contribution in [0.15, 0.2) is 35.1 Å². The monoisotopic (exact) mass is 266 g/mol. The van der Waals surface area contributed by atoms with Crippen LogP contribution in [0.25, 0.3) is 5.69 Å². The van der Waals surface area contributed by atoms with Gasteiger partial charge in [0.15, 0.2) is 5.15 Å². The van der Waals surface area contributed by atoms with Crippen LogP contribution in [0.4, 0.5) is 0 Å². The summed E-state index contributed by atoms with van der Waals surface area (Å²) in [5.74, 6) is 0.165. The van der Waals surface area contributed by atoms with Crippen molar-refractivity contribution in [3.8, 4) is 17.2 Å². The highest BCUT2D eigenvalue weighted by molar-refractivity contribution is 6.31. The Bertz CT molecular complexity index is 611. The van der Waals surface area contributed by atoms with Crippen LogP contribution in [0, 0.1) is 0 Å². The smallest absolute Gasteiger partial charge is 0.317 e. The summed E-state index contributed by atoms with van der Waals surface area (Å²) in [4.78, 5) is 12.2. The largest absolute Gasteiger partial charge is 0.490 e. The van der Waals surface area contributed by atoms with Crippen LogP contribution >= 0.6 is 11.6 Å². The van der Waals surface area contributed by atoms with Crippen molar-refractivity contribution in [1.29, 1.82) is 0 Å². The van der Waals surface area contributed by atoms with E-state index in [1.165, 1.54) is 18.9 Å². The van der Waals surface area contributed by atoms with Crippen LogP contribution in [0.5, 0.6) is 11.5 Å². The Balaban J connectivity index is 2.72. The van der Waals surface area contributed by atoms with Gasteiger partial charge < -0.3 is 9.47 Å². The Kier molecular flexibility index (Phi) is 3.53. The third-order valence-electron chi connectivity index (χ3n) is 2.38. The van der Waals surface area contributed by atoms with Crippen molar-refractivity contribution < 1.29 is 9.47 Å². The van der Waals surface area contributed by atoms with E-state index in [0.717, 1.165) is 0 Å². The van der Waals surface area contributed by atoms with Gasteiger partial charge in [0.05, 0.1) is 19.9 Å². The maximum Gasteiger partial charge on any atom is 0.317 e. The van der Waals surface area contributed by atoms with E-state index in [2.05, 4.69) is 5.10 Å². The first-order chi connectivity index (χ1) is 8.69. The van der Waals surface area contributed by atoms with Gasteiger partial charge in [-0.15, -0.1) is 5.10 Å². The summed E-state index contributed by atoms with van der Waals surface area (Å²) in [6.07, 6.45) is 0. The van der Waals surface area contributed by atoms with Gasteiger partial charge >= 0.3 is 5.56 Å². The molecular weight excluding hydrogens is 256 g/mol. The van der Waals surface area contributed by atoms with Crippen molar-refractivity contribution in [2.45, 2.75) is 0 Å². The van der Waals surface area contributed by atoms with E-state index in [9.17, 15) is 4.79 Å². The molecule has 0 saturated carbocycles. The zero-order chi connectivity index (χ0) is 13.1. The van der Waals surface area contributed by atoms with E-state index in [-0.39, 0.29) is 16.7 Å². The van der Waals surface area contributed by atoms with E-state index in [0.29, 0.717) is 5.69 Å². The number of methoxy groups -OCH3 is 2. The van der Waals surface area contributed by atoms with Gasteiger partial charge in [0.2, 0.25) is 11.5 Å². The highest BCUT2D eigenvalue weighted by Crippen LogP contribution is 2.29. The Morgan fingerprint density at radius 3 is 2.28 bits per heavy atom. The lowest BCUT2D eigenvalue weighted by Crippen LogP contribution is -2.23. The number of rotatable bonds is 3. The van der Waals surface area contributed by atoms with Crippen LogP contribution < -0.4 is 15.0 Å². The second kappa shape index (κ2) is 5.10. The van der Waals surface area contributed by atoms with Gasteiger partial charge in [-0.2, -0.15) is 4.68 Å². The van der Waals surface area contributed by atoms with Crippen LogP contribution in [0.3, 0.4) is 0 Å². The topological polar surface area (TPSA) is 53.4 Å². The summed E-state index contributed by atoms with van der Waals surface area (Å²) in [5, 5.41) is 4.05. The molecule has 0 aliphatic rings. The molecule has 0 aliphatic carbocycles. The minimum Gasteiger partial charge on any atom is -0.490 e. The maximum atomic E-state index is 12.2. The van der Waals surface area contributed by atoms with Crippen LogP contribution in [0.2, 0.25) is 5.15 Å². The molecule has 94 valence electrons. The molecular formula is C12H11ClN2O3. The molecule has 2 rings (SSSR count). The lowest BCUT2D eigenvalue weighted by molar-refractivity contribution is 0.344. The Labute approximate surface area is 109 Å².